The zero-order valence-corrected chi connectivity index (χ0v) is 20.2. The van der Waals surface area contributed by atoms with Gasteiger partial charge in [-0.05, 0) is 51.4 Å². The molecule has 0 aliphatic rings. The van der Waals surface area contributed by atoms with Gasteiger partial charge in [-0.15, -0.1) is 0 Å². The summed E-state index contributed by atoms with van der Waals surface area (Å²) in [5.74, 6) is 1.71. The van der Waals surface area contributed by atoms with Gasteiger partial charge in [0.2, 0.25) is 0 Å². The molecule has 5 aromatic carbocycles. The highest BCUT2D eigenvalue weighted by atomic mass is 16.5. The number of ether oxygens (including phenoxy) is 2. The minimum Gasteiger partial charge on any atom is -0.497 e. The first-order valence-electron chi connectivity index (χ1n) is 11.9. The van der Waals surface area contributed by atoms with Crippen LogP contribution >= 0.6 is 0 Å². The summed E-state index contributed by atoms with van der Waals surface area (Å²) in [5.41, 5.74) is 10.7. The largest absolute Gasteiger partial charge is 0.497 e. The lowest BCUT2D eigenvalue weighted by atomic mass is 9.91. The van der Waals surface area contributed by atoms with Crippen molar-refractivity contribution in [3.05, 3.63) is 103 Å². The minimum atomic E-state index is 0.551. The highest BCUT2D eigenvalue weighted by Crippen LogP contribution is 2.45. The third kappa shape index (κ3) is 4.41. The molecule has 0 heterocycles. The maximum absolute atomic E-state index is 6.13. The summed E-state index contributed by atoms with van der Waals surface area (Å²) in [7, 11) is 3.43. The van der Waals surface area contributed by atoms with Crippen molar-refractivity contribution in [1.29, 1.82) is 0 Å². The molecule has 0 aliphatic carbocycles. The first kappa shape index (κ1) is 22.8. The zero-order chi connectivity index (χ0) is 24.2. The standard InChI is InChI=1S/C31H30N2O2/c1-34-25-15-11-22(12-16-25)21-33(20-19-32)28-17-13-23-7-3-5-9-26(23)30(28)31-27-10-6-4-8-24(27)14-18-29(31)35-2/h3-18H,19-21,32H2,1-2H3. The van der Waals surface area contributed by atoms with Crippen LogP contribution in [0.3, 0.4) is 0 Å². The van der Waals surface area contributed by atoms with E-state index >= 15 is 0 Å². The SMILES string of the molecule is COc1ccc(CN(CCN)c2ccc3ccccc3c2-c2c(OC)ccc3ccccc23)cc1. The van der Waals surface area contributed by atoms with Gasteiger partial charge in [-0.25, -0.2) is 0 Å². The van der Waals surface area contributed by atoms with Crippen LogP contribution < -0.4 is 20.1 Å². The average molecular weight is 463 g/mol. The van der Waals surface area contributed by atoms with Gasteiger partial charge in [0, 0.05) is 36.4 Å². The molecule has 0 saturated carbocycles. The number of anilines is 1. The molecule has 176 valence electrons. The molecule has 35 heavy (non-hydrogen) atoms. The Labute approximate surface area is 206 Å². The average Bonchev–Trinajstić information content (AvgIpc) is 2.92. The van der Waals surface area contributed by atoms with Crippen LogP contribution in [0.4, 0.5) is 5.69 Å². The first-order valence-corrected chi connectivity index (χ1v) is 11.9. The molecule has 0 radical (unpaired) electrons. The number of hydrogen-bond acceptors (Lipinski definition) is 4. The van der Waals surface area contributed by atoms with Crippen LogP contribution in [0, 0.1) is 0 Å². The summed E-state index contributed by atoms with van der Waals surface area (Å²) in [6.07, 6.45) is 0. The Kier molecular flexibility index (Phi) is 6.55. The number of methoxy groups -OCH3 is 2. The fourth-order valence-corrected chi connectivity index (χ4v) is 4.86. The van der Waals surface area contributed by atoms with E-state index in [-0.39, 0.29) is 0 Å². The van der Waals surface area contributed by atoms with Crippen molar-refractivity contribution in [2.45, 2.75) is 6.54 Å². The number of hydrogen-bond donors (Lipinski definition) is 1. The number of rotatable bonds is 8. The Morgan fingerprint density at radius 2 is 1.29 bits per heavy atom. The van der Waals surface area contributed by atoms with Crippen molar-refractivity contribution in [3.63, 3.8) is 0 Å². The number of fused-ring (bicyclic) bond motifs is 2. The van der Waals surface area contributed by atoms with Gasteiger partial charge in [0.15, 0.2) is 0 Å². The molecule has 0 aromatic heterocycles. The maximum Gasteiger partial charge on any atom is 0.127 e. The molecule has 0 aliphatic heterocycles. The van der Waals surface area contributed by atoms with E-state index in [0.717, 1.165) is 35.8 Å². The van der Waals surface area contributed by atoms with Crippen molar-refractivity contribution in [2.75, 3.05) is 32.2 Å². The summed E-state index contributed by atoms with van der Waals surface area (Å²) in [6, 6.07) is 33.9. The molecule has 0 spiro atoms. The van der Waals surface area contributed by atoms with Crippen LogP contribution in [0.1, 0.15) is 5.56 Å². The van der Waals surface area contributed by atoms with Gasteiger partial charge in [-0.3, -0.25) is 0 Å². The topological polar surface area (TPSA) is 47.7 Å². The van der Waals surface area contributed by atoms with Crippen molar-refractivity contribution >= 4 is 27.2 Å². The van der Waals surface area contributed by atoms with Gasteiger partial charge in [0.25, 0.3) is 0 Å². The molecule has 0 saturated heterocycles. The molecule has 0 atom stereocenters. The molecule has 0 fully saturated rings. The summed E-state index contributed by atoms with van der Waals surface area (Å²) >= 11 is 0. The van der Waals surface area contributed by atoms with E-state index in [1.54, 1.807) is 14.2 Å². The Hall–Kier alpha value is -4.02. The molecular weight excluding hydrogens is 432 g/mol. The molecule has 2 N–H and O–H groups in total. The number of benzene rings is 5. The fraction of sp³-hybridized carbons (Fsp3) is 0.161. The third-order valence-electron chi connectivity index (χ3n) is 6.54. The third-order valence-corrected chi connectivity index (χ3v) is 6.54. The van der Waals surface area contributed by atoms with Crippen LogP contribution in [-0.4, -0.2) is 27.3 Å². The normalized spacial score (nSPS) is 11.1. The lowest BCUT2D eigenvalue weighted by Gasteiger charge is -2.29. The van der Waals surface area contributed by atoms with Crippen LogP contribution in [0.2, 0.25) is 0 Å². The summed E-state index contributed by atoms with van der Waals surface area (Å²) in [4.78, 5) is 2.37. The second kappa shape index (κ2) is 10.1. The van der Waals surface area contributed by atoms with Gasteiger partial charge < -0.3 is 20.1 Å². The van der Waals surface area contributed by atoms with Crippen molar-refractivity contribution in [2.24, 2.45) is 5.73 Å². The van der Waals surface area contributed by atoms with Gasteiger partial charge >= 0.3 is 0 Å². The van der Waals surface area contributed by atoms with E-state index in [9.17, 15) is 0 Å². The molecule has 4 nitrogen and oxygen atoms in total. The maximum atomic E-state index is 6.13. The highest BCUT2D eigenvalue weighted by Gasteiger charge is 2.21. The lowest BCUT2D eigenvalue weighted by molar-refractivity contribution is 0.414. The Bertz CT molecular complexity index is 1460. The van der Waals surface area contributed by atoms with Crippen LogP contribution in [0.15, 0.2) is 97.1 Å². The molecule has 5 rings (SSSR count). The predicted molar refractivity (Wildman–Crippen MR) is 147 cm³/mol. The van der Waals surface area contributed by atoms with Gasteiger partial charge in [0.05, 0.1) is 14.2 Å². The summed E-state index contributed by atoms with van der Waals surface area (Å²) < 4.78 is 11.3. The molecule has 4 heteroatoms. The molecule has 5 aromatic rings. The summed E-state index contributed by atoms with van der Waals surface area (Å²) in [6.45, 7) is 2.01. The monoisotopic (exact) mass is 462 g/mol. The highest BCUT2D eigenvalue weighted by molar-refractivity contribution is 6.11. The summed E-state index contributed by atoms with van der Waals surface area (Å²) in [5, 5.41) is 4.74. The van der Waals surface area contributed by atoms with E-state index < -0.39 is 0 Å². The van der Waals surface area contributed by atoms with Gasteiger partial charge in [-0.2, -0.15) is 0 Å². The fourth-order valence-electron chi connectivity index (χ4n) is 4.86. The van der Waals surface area contributed by atoms with E-state index in [2.05, 4.69) is 89.8 Å². The Morgan fingerprint density at radius 1 is 0.657 bits per heavy atom. The molecule has 0 bridgehead atoms. The van der Waals surface area contributed by atoms with Crippen molar-refractivity contribution in [3.8, 4) is 22.6 Å². The van der Waals surface area contributed by atoms with Crippen molar-refractivity contribution < 1.29 is 9.47 Å². The minimum absolute atomic E-state index is 0.551. The van der Waals surface area contributed by atoms with Gasteiger partial charge in [0.1, 0.15) is 11.5 Å². The lowest BCUT2D eigenvalue weighted by Crippen LogP contribution is -2.29. The first-order chi connectivity index (χ1) is 17.2. The van der Waals surface area contributed by atoms with Gasteiger partial charge in [-0.1, -0.05) is 72.8 Å². The van der Waals surface area contributed by atoms with Crippen LogP contribution in [-0.2, 0) is 6.54 Å². The van der Waals surface area contributed by atoms with E-state index in [1.165, 1.54) is 32.7 Å². The Balaban J connectivity index is 1.76. The predicted octanol–water partition coefficient (Wildman–Crippen LogP) is 6.64. The Morgan fingerprint density at radius 3 is 1.91 bits per heavy atom. The van der Waals surface area contributed by atoms with Crippen LogP contribution in [0.5, 0.6) is 11.5 Å². The number of nitrogens with two attached hydrogens (primary N) is 1. The zero-order valence-electron chi connectivity index (χ0n) is 20.2. The van der Waals surface area contributed by atoms with E-state index in [0.29, 0.717) is 6.54 Å². The smallest absolute Gasteiger partial charge is 0.127 e. The second-order valence-corrected chi connectivity index (χ2v) is 8.60. The quantitative estimate of drug-likeness (QED) is 0.281. The van der Waals surface area contributed by atoms with Crippen molar-refractivity contribution in [1.82, 2.24) is 0 Å². The van der Waals surface area contributed by atoms with E-state index in [1.807, 2.05) is 12.1 Å². The molecule has 0 unspecified atom stereocenters. The molecular formula is C31H30N2O2. The van der Waals surface area contributed by atoms with E-state index in [4.69, 9.17) is 15.2 Å². The van der Waals surface area contributed by atoms with Crippen LogP contribution in [0.25, 0.3) is 32.7 Å². The second-order valence-electron chi connectivity index (χ2n) is 8.60. The molecule has 0 amide bonds. The number of nitrogens with zero attached hydrogens (tertiary/aromatic N) is 1.